The Hall–Kier alpha value is -4.12. The van der Waals surface area contributed by atoms with Gasteiger partial charge in [-0.25, -0.2) is 9.78 Å². The first-order valence-electron chi connectivity index (χ1n) is 13.6. The molecule has 1 aromatic heterocycles. The van der Waals surface area contributed by atoms with Gasteiger partial charge in [0, 0.05) is 12.5 Å². The molecule has 0 bridgehead atoms. The zero-order valence-electron chi connectivity index (χ0n) is 22.9. The van der Waals surface area contributed by atoms with Gasteiger partial charge in [0.2, 0.25) is 5.91 Å². The van der Waals surface area contributed by atoms with Crippen molar-refractivity contribution in [1.29, 1.82) is 5.26 Å². The minimum absolute atomic E-state index is 0.0332. The normalized spacial score (nSPS) is 18.0. The molecule has 1 saturated carbocycles. The van der Waals surface area contributed by atoms with Gasteiger partial charge in [-0.15, -0.1) is 0 Å². The maximum Gasteiger partial charge on any atom is 0.407 e. The van der Waals surface area contributed by atoms with Crippen LogP contribution >= 0.6 is 0 Å². The van der Waals surface area contributed by atoms with Crippen LogP contribution in [0.25, 0.3) is 11.3 Å². The van der Waals surface area contributed by atoms with Gasteiger partial charge in [-0.2, -0.15) is 5.26 Å². The number of nitrogens with zero attached hydrogens (tertiary/aromatic N) is 2. The molecule has 8 nitrogen and oxygen atoms in total. The molecule has 1 aliphatic rings. The van der Waals surface area contributed by atoms with Crippen molar-refractivity contribution in [3.8, 4) is 17.3 Å². The summed E-state index contributed by atoms with van der Waals surface area (Å²) < 4.78 is 5.33. The molecular weight excluding hydrogens is 490 g/mol. The topological polar surface area (TPSA) is 120 Å². The summed E-state index contributed by atoms with van der Waals surface area (Å²) in [7, 11) is 0. The number of aromatic amines is 1. The van der Waals surface area contributed by atoms with Gasteiger partial charge >= 0.3 is 6.09 Å². The number of benzene rings is 2. The first-order valence-corrected chi connectivity index (χ1v) is 13.6. The molecule has 8 heteroatoms. The highest BCUT2D eigenvalue weighted by atomic mass is 16.6. The molecule has 3 N–H and O–H groups in total. The van der Waals surface area contributed by atoms with Crippen molar-refractivity contribution in [3.05, 3.63) is 77.7 Å². The molecule has 1 atom stereocenters. The highest BCUT2D eigenvalue weighted by Gasteiger charge is 2.29. The number of aromatic nitrogens is 2. The average Bonchev–Trinajstić information content (AvgIpc) is 3.42. The van der Waals surface area contributed by atoms with E-state index in [0.29, 0.717) is 30.3 Å². The molecule has 1 aliphatic carbocycles. The van der Waals surface area contributed by atoms with Crippen molar-refractivity contribution in [3.63, 3.8) is 0 Å². The van der Waals surface area contributed by atoms with E-state index in [1.807, 2.05) is 63.2 Å². The summed E-state index contributed by atoms with van der Waals surface area (Å²) in [5.74, 6) is 0.989. The zero-order chi connectivity index (χ0) is 27.8. The smallest absolute Gasteiger partial charge is 0.407 e. The van der Waals surface area contributed by atoms with Crippen molar-refractivity contribution in [2.75, 3.05) is 6.54 Å². The molecule has 0 unspecified atom stereocenters. The highest BCUT2D eigenvalue weighted by molar-refractivity contribution is 5.79. The Balaban J connectivity index is 1.38. The lowest BCUT2D eigenvalue weighted by Crippen LogP contribution is -2.39. The largest absolute Gasteiger partial charge is 0.444 e. The Bertz CT molecular complexity index is 1280. The summed E-state index contributed by atoms with van der Waals surface area (Å²) in [6, 6.07) is 19.2. The first-order chi connectivity index (χ1) is 18.7. The molecule has 0 saturated heterocycles. The molecule has 1 fully saturated rings. The summed E-state index contributed by atoms with van der Waals surface area (Å²) in [5.41, 5.74) is 2.95. The van der Waals surface area contributed by atoms with Crippen LogP contribution in [0.5, 0.6) is 0 Å². The van der Waals surface area contributed by atoms with Crippen LogP contribution in [0.3, 0.4) is 0 Å². The van der Waals surface area contributed by atoms with E-state index in [4.69, 9.17) is 10.00 Å². The molecule has 204 valence electrons. The van der Waals surface area contributed by atoms with Gasteiger partial charge in [0.25, 0.3) is 0 Å². The monoisotopic (exact) mass is 527 g/mol. The van der Waals surface area contributed by atoms with Crippen LogP contribution in [0.2, 0.25) is 0 Å². The van der Waals surface area contributed by atoms with Gasteiger partial charge in [0.1, 0.15) is 11.4 Å². The third-order valence-electron chi connectivity index (χ3n) is 7.00. The number of nitriles is 1. The summed E-state index contributed by atoms with van der Waals surface area (Å²) in [6.07, 6.45) is 5.29. The molecular formula is C31H37N5O3. The third kappa shape index (κ3) is 8.18. The Labute approximate surface area is 230 Å². The number of imidazole rings is 1. The minimum atomic E-state index is -0.521. The van der Waals surface area contributed by atoms with Gasteiger partial charge in [0.05, 0.1) is 29.6 Å². The summed E-state index contributed by atoms with van der Waals surface area (Å²) >= 11 is 0. The Morgan fingerprint density at radius 2 is 1.77 bits per heavy atom. The van der Waals surface area contributed by atoms with E-state index < -0.39 is 11.7 Å². The molecule has 2 amide bonds. The second-order valence-corrected chi connectivity index (χ2v) is 11.2. The fraction of sp³-hybridized carbons (Fsp3) is 0.419. The lowest BCUT2D eigenvalue weighted by molar-refractivity contribution is -0.127. The van der Waals surface area contributed by atoms with E-state index in [9.17, 15) is 9.59 Å². The highest BCUT2D eigenvalue weighted by Crippen LogP contribution is 2.30. The number of hydrogen-bond acceptors (Lipinski definition) is 5. The number of carbonyl (C=O) groups excluding carboxylic acids is 2. The molecule has 0 radical (unpaired) electrons. The number of H-pyrrole nitrogens is 1. The third-order valence-corrected chi connectivity index (χ3v) is 7.00. The number of nitrogens with one attached hydrogen (secondary N) is 3. The van der Waals surface area contributed by atoms with Gasteiger partial charge < -0.3 is 20.4 Å². The maximum atomic E-state index is 13.4. The Morgan fingerprint density at radius 3 is 2.41 bits per heavy atom. The van der Waals surface area contributed by atoms with Crippen LogP contribution in [0.15, 0.2) is 60.8 Å². The predicted octanol–water partition coefficient (Wildman–Crippen LogP) is 5.68. The fourth-order valence-electron chi connectivity index (χ4n) is 4.91. The van der Waals surface area contributed by atoms with Crippen LogP contribution in [-0.2, 0) is 16.0 Å². The molecule has 4 rings (SSSR count). The quantitative estimate of drug-likeness (QED) is 0.348. The molecule has 3 aromatic rings. The number of ether oxygens (including phenoxy) is 1. The van der Waals surface area contributed by atoms with Crippen molar-refractivity contribution in [1.82, 2.24) is 20.6 Å². The average molecular weight is 528 g/mol. The second kappa shape index (κ2) is 12.6. The van der Waals surface area contributed by atoms with Gasteiger partial charge in [0.15, 0.2) is 0 Å². The van der Waals surface area contributed by atoms with Gasteiger partial charge in [-0.3, -0.25) is 4.79 Å². The van der Waals surface area contributed by atoms with Gasteiger partial charge in [-0.05, 0) is 82.1 Å². The van der Waals surface area contributed by atoms with Crippen molar-refractivity contribution >= 4 is 12.0 Å². The summed E-state index contributed by atoms with van der Waals surface area (Å²) in [4.78, 5) is 33.4. The van der Waals surface area contributed by atoms with E-state index >= 15 is 0 Å². The van der Waals surface area contributed by atoms with Crippen LogP contribution in [0.4, 0.5) is 4.79 Å². The summed E-state index contributed by atoms with van der Waals surface area (Å²) in [5, 5.41) is 15.2. The Kier molecular flexibility index (Phi) is 9.03. The van der Waals surface area contributed by atoms with Crippen molar-refractivity contribution in [2.24, 2.45) is 11.8 Å². The molecule has 39 heavy (non-hydrogen) atoms. The van der Waals surface area contributed by atoms with E-state index in [0.717, 1.165) is 42.5 Å². The summed E-state index contributed by atoms with van der Waals surface area (Å²) in [6.45, 7) is 6.10. The maximum absolute atomic E-state index is 13.4. The van der Waals surface area contributed by atoms with E-state index in [1.54, 1.807) is 18.3 Å². The van der Waals surface area contributed by atoms with Crippen LogP contribution in [-0.4, -0.2) is 34.1 Å². The second-order valence-electron chi connectivity index (χ2n) is 11.2. The van der Waals surface area contributed by atoms with Crippen molar-refractivity contribution < 1.29 is 14.3 Å². The minimum Gasteiger partial charge on any atom is -0.444 e. The standard InChI is InChI=1S/C31H37N5O3/c1-31(2,3)39-30(38)34-19-23-11-15-25(16-12-23)29(37)36-26(17-21-7-5-4-6-8-21)28-33-20-27(35-28)24-13-9-22(18-32)10-14-24/h4-10,13-14,20,23,25-26H,11-12,15-17,19H2,1-3H3,(H,33,35)(H,34,38)(H,36,37)/t23?,25?,26-/m0/s1. The molecule has 0 aliphatic heterocycles. The molecule has 1 heterocycles. The van der Waals surface area contributed by atoms with Crippen LogP contribution in [0.1, 0.15) is 69.4 Å². The first kappa shape index (κ1) is 27.9. The van der Waals surface area contributed by atoms with E-state index in [1.165, 1.54) is 0 Å². The lowest BCUT2D eigenvalue weighted by Gasteiger charge is -2.29. The van der Waals surface area contributed by atoms with E-state index in [-0.39, 0.29) is 17.9 Å². The van der Waals surface area contributed by atoms with Gasteiger partial charge in [-0.1, -0.05) is 42.5 Å². The number of alkyl carbamates (subject to hydrolysis) is 1. The number of carbonyl (C=O) groups is 2. The number of hydrogen-bond donors (Lipinski definition) is 3. The molecule has 0 spiro atoms. The van der Waals surface area contributed by atoms with Crippen molar-refractivity contribution in [2.45, 2.75) is 64.5 Å². The number of rotatable bonds is 8. The SMILES string of the molecule is CC(C)(C)OC(=O)NCC1CCC(C(=O)N[C@@H](Cc2ccccc2)c2ncc(-c3ccc(C#N)cc3)[nH]2)CC1. The number of amides is 2. The van der Waals surface area contributed by atoms with Crippen LogP contribution in [0, 0.1) is 23.2 Å². The van der Waals surface area contributed by atoms with E-state index in [2.05, 4.69) is 26.7 Å². The zero-order valence-corrected chi connectivity index (χ0v) is 22.9. The van der Waals surface area contributed by atoms with Crippen LogP contribution < -0.4 is 10.6 Å². The lowest BCUT2D eigenvalue weighted by atomic mass is 9.81. The predicted molar refractivity (Wildman–Crippen MR) is 149 cm³/mol. The fourth-order valence-corrected chi connectivity index (χ4v) is 4.91. The molecule has 2 aromatic carbocycles. The Morgan fingerprint density at radius 1 is 1.08 bits per heavy atom.